The fourth-order valence-electron chi connectivity index (χ4n) is 9.43. The number of hydrogen-bond acceptors (Lipinski definition) is 12. The molecule has 5 amide bonds. The maximum atomic E-state index is 14.2. The number of aromatic nitrogens is 1. The summed E-state index contributed by atoms with van der Waals surface area (Å²) >= 11 is 1.57. The molecule has 380 valence electrons. The number of aliphatic hydroxyl groups excluding tert-OH is 1. The monoisotopic (exact) mass is 993 g/mol. The molecule has 1 fully saturated rings. The van der Waals surface area contributed by atoms with Crippen molar-refractivity contribution in [2.24, 2.45) is 22.8 Å². The maximum absolute atomic E-state index is 14.2. The van der Waals surface area contributed by atoms with Crippen molar-refractivity contribution in [3.63, 3.8) is 0 Å². The van der Waals surface area contributed by atoms with Crippen molar-refractivity contribution in [3.05, 3.63) is 106 Å². The lowest BCUT2D eigenvalue weighted by Gasteiger charge is -2.35. The number of rotatable bonds is 18. The molecule has 3 aliphatic heterocycles. The van der Waals surface area contributed by atoms with E-state index in [1.165, 1.54) is 4.90 Å². The van der Waals surface area contributed by atoms with Crippen molar-refractivity contribution in [3.8, 4) is 10.4 Å². The summed E-state index contributed by atoms with van der Waals surface area (Å²) in [5.41, 5.74) is 20.0. The molecule has 3 aliphatic rings. The minimum Gasteiger partial charge on any atom is -0.481 e. The first-order valence-corrected chi connectivity index (χ1v) is 24.9. The van der Waals surface area contributed by atoms with Gasteiger partial charge in [0, 0.05) is 45.7 Å². The Kier molecular flexibility index (Phi) is 18.0. The number of carbonyl (C=O) groups is 7. The van der Waals surface area contributed by atoms with Gasteiger partial charge in [0.25, 0.3) is 5.97 Å². The van der Waals surface area contributed by atoms with Gasteiger partial charge in [-0.1, -0.05) is 87.5 Å². The third-order valence-electron chi connectivity index (χ3n) is 13.3. The van der Waals surface area contributed by atoms with E-state index in [4.69, 9.17) is 26.1 Å². The number of benzene rings is 3. The number of carbonyl (C=O) groups excluding carboxylic acids is 6. The number of hydrogen-bond donors (Lipinski definition) is 6. The lowest BCUT2D eigenvalue weighted by molar-refractivity contribution is -0.144. The van der Waals surface area contributed by atoms with Gasteiger partial charge >= 0.3 is 0 Å². The Morgan fingerprint density at radius 3 is 2.24 bits per heavy atom. The van der Waals surface area contributed by atoms with Gasteiger partial charge in [0.1, 0.15) is 12.1 Å². The first kappa shape index (κ1) is 54.0. The van der Waals surface area contributed by atoms with Gasteiger partial charge in [0.05, 0.1) is 59.1 Å². The third kappa shape index (κ3) is 14.0. The van der Waals surface area contributed by atoms with Gasteiger partial charge in [-0.3, -0.25) is 38.5 Å². The molecule has 0 radical (unpaired) electrons. The highest BCUT2D eigenvalue weighted by Gasteiger charge is 2.45. The lowest BCUT2D eigenvalue weighted by atomic mass is 9.85. The zero-order valence-electron chi connectivity index (χ0n) is 41.3. The number of thiazole rings is 1. The van der Waals surface area contributed by atoms with E-state index in [0.29, 0.717) is 31.2 Å². The number of amides is 5. The number of ether oxygens (including phenoxy) is 1. The van der Waals surface area contributed by atoms with E-state index >= 15 is 0 Å². The number of nitrogens with two attached hydrogens (primary N) is 2. The molecule has 7 atom stereocenters. The number of β-amino-alcohol motifs (C(OH)–C–C–N with tert-alkyl or cyclic N) is 1. The van der Waals surface area contributed by atoms with Gasteiger partial charge in [0.15, 0.2) is 5.78 Å². The van der Waals surface area contributed by atoms with E-state index in [9.17, 15) is 33.9 Å². The van der Waals surface area contributed by atoms with E-state index in [-0.39, 0.29) is 74.8 Å². The molecule has 1 aromatic heterocycles. The van der Waals surface area contributed by atoms with Crippen LogP contribution in [0.15, 0.2) is 72.2 Å². The van der Waals surface area contributed by atoms with E-state index in [2.05, 4.69) is 15.6 Å². The summed E-state index contributed by atoms with van der Waals surface area (Å²) in [6, 6.07) is 17.8. The van der Waals surface area contributed by atoms with Crippen LogP contribution in [0.3, 0.4) is 0 Å². The van der Waals surface area contributed by atoms with E-state index in [1.807, 2.05) is 107 Å². The number of aryl methyl sites for hydroxylation is 2. The van der Waals surface area contributed by atoms with Crippen molar-refractivity contribution in [2.75, 3.05) is 11.4 Å². The topological polar surface area (TPSA) is 265 Å². The van der Waals surface area contributed by atoms with Gasteiger partial charge < -0.3 is 42.0 Å². The van der Waals surface area contributed by atoms with Crippen molar-refractivity contribution in [1.29, 1.82) is 0 Å². The van der Waals surface area contributed by atoms with Crippen molar-refractivity contribution in [2.45, 2.75) is 142 Å². The Balaban J connectivity index is 0.00000199. The van der Waals surface area contributed by atoms with E-state index in [1.54, 1.807) is 16.2 Å². The second kappa shape index (κ2) is 23.7. The number of anilines is 1. The molecule has 71 heavy (non-hydrogen) atoms. The second-order valence-corrected chi connectivity index (χ2v) is 20.8. The number of aliphatic hydroxyl groups is 1. The number of nitrogens with zero attached hydrogens (tertiary/aromatic N) is 3. The van der Waals surface area contributed by atoms with Gasteiger partial charge in [-0.05, 0) is 77.8 Å². The molecule has 7 rings (SSSR count). The van der Waals surface area contributed by atoms with Crippen LogP contribution in [-0.4, -0.2) is 104 Å². The maximum Gasteiger partial charge on any atom is 0.300 e. The lowest BCUT2D eigenvalue weighted by Crippen LogP contribution is -2.58. The summed E-state index contributed by atoms with van der Waals surface area (Å²) in [7, 11) is 0. The van der Waals surface area contributed by atoms with Crippen molar-refractivity contribution in [1.82, 2.24) is 20.5 Å². The average Bonchev–Trinajstić information content (AvgIpc) is 4.03. The summed E-state index contributed by atoms with van der Waals surface area (Å²) in [4.78, 5) is 98.0. The summed E-state index contributed by atoms with van der Waals surface area (Å²) in [5.74, 6) is -3.24. The Morgan fingerprint density at radius 1 is 0.958 bits per heavy atom. The van der Waals surface area contributed by atoms with E-state index < -0.39 is 59.6 Å². The summed E-state index contributed by atoms with van der Waals surface area (Å²) < 4.78 is 6.29. The number of primary amides is 1. The zero-order chi connectivity index (χ0) is 51.7. The van der Waals surface area contributed by atoms with Crippen LogP contribution in [-0.2, 0) is 70.7 Å². The van der Waals surface area contributed by atoms with Crippen LogP contribution < -0.4 is 27.0 Å². The molecule has 17 nitrogen and oxygen atoms in total. The molecule has 4 heterocycles. The second-order valence-electron chi connectivity index (χ2n) is 19.9. The number of carboxylic acids is 1. The highest BCUT2D eigenvalue weighted by molar-refractivity contribution is 7.13. The number of nitrogens with one attached hydrogen (secondary N) is 2. The van der Waals surface area contributed by atoms with Crippen LogP contribution in [0, 0.1) is 18.3 Å². The Labute approximate surface area is 418 Å². The summed E-state index contributed by atoms with van der Waals surface area (Å²) in [5, 5.41) is 23.9. The minimum atomic E-state index is -0.976. The van der Waals surface area contributed by atoms with Gasteiger partial charge in [-0.15, -0.1) is 11.3 Å². The molecule has 4 aromatic rings. The number of likely N-dealkylation sites (tertiary alicyclic amines) is 1. The van der Waals surface area contributed by atoms with Crippen LogP contribution in [0.25, 0.3) is 10.4 Å². The molecule has 0 bridgehead atoms. The summed E-state index contributed by atoms with van der Waals surface area (Å²) in [6.07, 6.45) is 0.809. The standard InChI is InChI=1S/C51H63N7O8S.C2H4O2/c1-29-46(67-28-55-29)35-15-13-32(14-16-35)25-54-48(63)41-24-38(59)26-57(41)50(65)47(51(3,4)5)56-44(62)21-31-9-11-33(12-10-31)27-66-30(2)36(18-20-43(53)61)23-42(60)40-22-37-8-6-7-34-17-19-39(52)49(64)58(40)45(34)37;1-2(3)4/h6-16,28,30,36,38-41,47,59H,17-27,52H2,1-5H3,(H2,53,61)(H,54,63)(H,56,62);1H3,(H,3,4)/t30-,36-,38-,39+,40+,41?,47-;/m1./s1. The highest BCUT2D eigenvalue weighted by Crippen LogP contribution is 2.40. The third-order valence-corrected chi connectivity index (χ3v) is 14.3. The number of aliphatic carboxylic acids is 1. The molecule has 1 unspecified atom stereocenters. The predicted molar refractivity (Wildman–Crippen MR) is 269 cm³/mol. The molecule has 0 spiro atoms. The first-order chi connectivity index (χ1) is 33.6. The number of carboxylic acid groups (broad SMARTS) is 1. The fraction of sp³-hybridized carbons (Fsp3) is 0.472. The van der Waals surface area contributed by atoms with Crippen LogP contribution in [0.1, 0.15) is 100 Å². The van der Waals surface area contributed by atoms with E-state index in [0.717, 1.165) is 51.0 Å². The van der Waals surface area contributed by atoms with Crippen LogP contribution >= 0.6 is 11.3 Å². The molecular weight excluding hydrogens is 927 g/mol. The van der Waals surface area contributed by atoms with Gasteiger partial charge in [-0.25, -0.2) is 4.98 Å². The predicted octanol–water partition coefficient (Wildman–Crippen LogP) is 4.54. The normalized spacial score (nSPS) is 19.6. The highest BCUT2D eigenvalue weighted by atomic mass is 32.1. The number of para-hydroxylation sites is 1. The Morgan fingerprint density at radius 2 is 1.61 bits per heavy atom. The number of ketones is 1. The fourth-order valence-corrected chi connectivity index (χ4v) is 10.2. The van der Waals surface area contributed by atoms with Gasteiger partial charge in [0.2, 0.25) is 29.5 Å². The SMILES string of the molecule is CC(=O)O.Cc1ncsc1-c1ccc(CNC(=O)C2C[C@@H](O)CN2C(=O)[C@@H](NC(=O)Cc2ccc(CO[C@H](C)[C@H](CCC(N)=O)CC(=O)[C@@H]3Cc4cccc5c4N3C(=O)[C@@H](N)CC5)cc2)C(C)(C)C)cc1. The molecular formula is C53H67N7O10S. The van der Waals surface area contributed by atoms with Crippen molar-refractivity contribution < 1.29 is 48.5 Å². The zero-order valence-corrected chi connectivity index (χ0v) is 42.1. The molecule has 0 saturated carbocycles. The van der Waals surface area contributed by atoms with Crippen molar-refractivity contribution >= 4 is 58.3 Å². The van der Waals surface area contributed by atoms with Gasteiger partial charge in [-0.2, -0.15) is 0 Å². The molecule has 18 heteroatoms. The largest absolute Gasteiger partial charge is 0.481 e. The smallest absolute Gasteiger partial charge is 0.300 e. The summed E-state index contributed by atoms with van der Waals surface area (Å²) in [6.45, 7) is 10.8. The molecule has 3 aromatic carbocycles. The molecule has 1 saturated heterocycles. The Bertz CT molecular complexity index is 2570. The van der Waals surface area contributed by atoms with Crippen LogP contribution in [0.4, 0.5) is 5.69 Å². The minimum absolute atomic E-state index is 0.0143. The van der Waals surface area contributed by atoms with Crippen LogP contribution in [0.2, 0.25) is 0 Å². The van der Waals surface area contributed by atoms with Crippen LogP contribution in [0.5, 0.6) is 0 Å². The number of Topliss-reactive ketones (excluding diaryl/α,β-unsaturated/α-hetero) is 1. The quantitative estimate of drug-likeness (QED) is 0.0803. The molecule has 8 N–H and O–H groups in total. The Hall–Kier alpha value is -6.34. The first-order valence-electron chi connectivity index (χ1n) is 24.1. The average molecular weight is 994 g/mol. The molecule has 0 aliphatic carbocycles.